The molecule has 2 aromatic heterocycles. The van der Waals surface area contributed by atoms with E-state index >= 15 is 0 Å². The molecular weight excluding hydrogens is 669 g/mol. The molecule has 0 fully saturated rings. The van der Waals surface area contributed by atoms with Crippen LogP contribution in [0.4, 0.5) is 0 Å². The molecule has 0 radical (unpaired) electrons. The Morgan fingerprint density at radius 3 is 1.25 bits per heavy atom. The van der Waals surface area contributed by atoms with Crippen molar-refractivity contribution in [2.45, 2.75) is 6.92 Å². The fourth-order valence-corrected chi connectivity index (χ4v) is 7.25. The smallest absolute Gasteiger partial charge is 0.164 e. The standard InChI is InChI=1S/C51H36N4/c1-35-43(27-16-32-52-35)44-25-14-15-26-45(44)51-54-49(40-23-12-5-13-24-40)53-50(55-51)41-30-28-36(29-31-41)42-33-46(37-17-6-2-7-18-37)48(39-21-10-4-11-22-39)47(34-42)38-19-8-3-9-20-38/h2-34H,1H3. The van der Waals surface area contributed by atoms with Gasteiger partial charge in [0.15, 0.2) is 17.5 Å². The highest BCUT2D eigenvalue weighted by Gasteiger charge is 2.19. The monoisotopic (exact) mass is 704 g/mol. The van der Waals surface area contributed by atoms with Gasteiger partial charge in [-0.2, -0.15) is 0 Å². The van der Waals surface area contributed by atoms with Gasteiger partial charge in [-0.1, -0.05) is 176 Å². The average Bonchev–Trinajstić information content (AvgIpc) is 3.27. The lowest BCUT2D eigenvalue weighted by Gasteiger charge is -2.19. The molecule has 0 aliphatic heterocycles. The van der Waals surface area contributed by atoms with Gasteiger partial charge in [-0.05, 0) is 75.2 Å². The Morgan fingerprint density at radius 1 is 0.291 bits per heavy atom. The Balaban J connectivity index is 1.19. The van der Waals surface area contributed by atoms with Gasteiger partial charge < -0.3 is 0 Å². The van der Waals surface area contributed by atoms with E-state index in [9.17, 15) is 0 Å². The van der Waals surface area contributed by atoms with Crippen molar-refractivity contribution in [1.29, 1.82) is 0 Å². The van der Waals surface area contributed by atoms with E-state index in [2.05, 4.69) is 151 Å². The van der Waals surface area contributed by atoms with Gasteiger partial charge in [0.1, 0.15) is 0 Å². The quantitative estimate of drug-likeness (QED) is 0.158. The van der Waals surface area contributed by atoms with E-state index in [1.165, 1.54) is 33.4 Å². The second-order valence-electron chi connectivity index (χ2n) is 13.5. The summed E-state index contributed by atoms with van der Waals surface area (Å²) in [5.41, 5.74) is 15.1. The summed E-state index contributed by atoms with van der Waals surface area (Å²) in [6.07, 6.45) is 1.82. The summed E-state index contributed by atoms with van der Waals surface area (Å²) in [6, 6.07) is 67.7. The fourth-order valence-electron chi connectivity index (χ4n) is 7.25. The summed E-state index contributed by atoms with van der Waals surface area (Å²) in [6.45, 7) is 2.03. The van der Waals surface area contributed by atoms with Gasteiger partial charge in [0.05, 0.1) is 0 Å². The molecule has 0 unspecified atom stereocenters. The topological polar surface area (TPSA) is 51.6 Å². The molecule has 260 valence electrons. The third kappa shape index (κ3) is 6.85. The van der Waals surface area contributed by atoms with Crippen molar-refractivity contribution in [3.8, 4) is 89.8 Å². The normalized spacial score (nSPS) is 11.0. The van der Waals surface area contributed by atoms with Crippen molar-refractivity contribution in [2.24, 2.45) is 0 Å². The minimum absolute atomic E-state index is 0.613. The summed E-state index contributed by atoms with van der Waals surface area (Å²) in [5, 5.41) is 0. The molecule has 0 N–H and O–H groups in total. The van der Waals surface area contributed by atoms with Crippen LogP contribution >= 0.6 is 0 Å². The first-order valence-electron chi connectivity index (χ1n) is 18.5. The highest BCUT2D eigenvalue weighted by atomic mass is 15.0. The first-order valence-corrected chi connectivity index (χ1v) is 18.5. The molecule has 0 saturated heterocycles. The van der Waals surface area contributed by atoms with Crippen molar-refractivity contribution in [2.75, 3.05) is 0 Å². The number of hydrogen-bond acceptors (Lipinski definition) is 4. The number of hydrogen-bond donors (Lipinski definition) is 0. The molecule has 0 atom stereocenters. The molecule has 4 heteroatoms. The lowest BCUT2D eigenvalue weighted by molar-refractivity contribution is 1.07. The number of nitrogens with zero attached hydrogens (tertiary/aromatic N) is 4. The van der Waals surface area contributed by atoms with Crippen LogP contribution in [0.5, 0.6) is 0 Å². The first kappa shape index (κ1) is 33.5. The van der Waals surface area contributed by atoms with Crippen molar-refractivity contribution >= 4 is 0 Å². The Hall–Kier alpha value is -7.30. The summed E-state index contributed by atoms with van der Waals surface area (Å²) in [4.78, 5) is 19.8. The predicted molar refractivity (Wildman–Crippen MR) is 226 cm³/mol. The number of aryl methyl sites for hydroxylation is 1. The molecule has 55 heavy (non-hydrogen) atoms. The Kier molecular flexibility index (Phi) is 9.13. The summed E-state index contributed by atoms with van der Waals surface area (Å²) < 4.78 is 0. The highest BCUT2D eigenvalue weighted by Crippen LogP contribution is 2.43. The Labute approximate surface area is 321 Å². The lowest BCUT2D eigenvalue weighted by Crippen LogP contribution is -2.01. The van der Waals surface area contributed by atoms with Crippen LogP contribution in [0.25, 0.3) is 89.8 Å². The summed E-state index contributed by atoms with van der Waals surface area (Å²) in [7, 11) is 0. The van der Waals surface area contributed by atoms with Gasteiger partial charge >= 0.3 is 0 Å². The van der Waals surface area contributed by atoms with E-state index in [4.69, 9.17) is 15.0 Å². The van der Waals surface area contributed by atoms with Crippen molar-refractivity contribution in [1.82, 2.24) is 19.9 Å². The number of rotatable bonds is 8. The van der Waals surface area contributed by atoms with Crippen LogP contribution in [0.3, 0.4) is 0 Å². The fraction of sp³-hybridized carbons (Fsp3) is 0.0196. The predicted octanol–water partition coefficient (Wildman–Crippen LogP) is 12.9. The maximum atomic E-state index is 5.13. The largest absolute Gasteiger partial charge is 0.261 e. The molecular formula is C51H36N4. The zero-order chi connectivity index (χ0) is 37.0. The zero-order valence-corrected chi connectivity index (χ0v) is 30.3. The molecule has 4 nitrogen and oxygen atoms in total. The van der Waals surface area contributed by atoms with E-state index < -0.39 is 0 Å². The third-order valence-corrected chi connectivity index (χ3v) is 9.98. The van der Waals surface area contributed by atoms with E-state index in [1.807, 2.05) is 61.7 Å². The maximum absolute atomic E-state index is 5.13. The molecule has 0 bridgehead atoms. The summed E-state index contributed by atoms with van der Waals surface area (Å²) >= 11 is 0. The number of pyridine rings is 1. The van der Waals surface area contributed by atoms with Crippen LogP contribution in [0.2, 0.25) is 0 Å². The molecule has 0 aliphatic rings. The van der Waals surface area contributed by atoms with Gasteiger partial charge in [0.25, 0.3) is 0 Å². The number of benzene rings is 7. The second-order valence-corrected chi connectivity index (χ2v) is 13.5. The van der Waals surface area contributed by atoms with Crippen LogP contribution in [-0.4, -0.2) is 19.9 Å². The number of aromatic nitrogens is 4. The van der Waals surface area contributed by atoms with Crippen molar-refractivity contribution in [3.05, 3.63) is 206 Å². The van der Waals surface area contributed by atoms with E-state index in [0.29, 0.717) is 17.5 Å². The summed E-state index contributed by atoms with van der Waals surface area (Å²) in [5.74, 6) is 1.85. The Bertz CT molecular complexity index is 2670. The third-order valence-electron chi connectivity index (χ3n) is 9.98. The van der Waals surface area contributed by atoms with Crippen LogP contribution in [-0.2, 0) is 0 Å². The van der Waals surface area contributed by atoms with E-state index in [1.54, 1.807) is 0 Å². The minimum Gasteiger partial charge on any atom is -0.261 e. The molecule has 0 spiro atoms. The van der Waals surface area contributed by atoms with Crippen LogP contribution in [0.1, 0.15) is 5.69 Å². The van der Waals surface area contributed by atoms with Crippen molar-refractivity contribution < 1.29 is 0 Å². The van der Waals surface area contributed by atoms with Crippen LogP contribution in [0, 0.1) is 6.92 Å². The minimum atomic E-state index is 0.613. The van der Waals surface area contributed by atoms with E-state index in [0.717, 1.165) is 44.6 Å². The van der Waals surface area contributed by atoms with Crippen molar-refractivity contribution in [3.63, 3.8) is 0 Å². The van der Waals surface area contributed by atoms with Crippen LogP contribution in [0.15, 0.2) is 200 Å². The lowest BCUT2D eigenvalue weighted by atomic mass is 9.84. The first-order chi connectivity index (χ1) is 27.2. The van der Waals surface area contributed by atoms with Gasteiger partial charge in [-0.25, -0.2) is 15.0 Å². The molecule has 2 heterocycles. The van der Waals surface area contributed by atoms with Gasteiger partial charge in [-0.15, -0.1) is 0 Å². The molecule has 9 aromatic rings. The van der Waals surface area contributed by atoms with Gasteiger partial charge in [0, 0.05) is 34.1 Å². The second kappa shape index (κ2) is 15.0. The van der Waals surface area contributed by atoms with Gasteiger partial charge in [0.2, 0.25) is 0 Å². The van der Waals surface area contributed by atoms with Gasteiger partial charge in [-0.3, -0.25) is 4.98 Å². The average molecular weight is 705 g/mol. The Morgan fingerprint density at radius 2 is 0.709 bits per heavy atom. The highest BCUT2D eigenvalue weighted by molar-refractivity contribution is 5.97. The molecule has 9 rings (SSSR count). The molecule has 0 saturated carbocycles. The molecule has 0 aliphatic carbocycles. The SMILES string of the molecule is Cc1ncccc1-c1ccccc1-c1nc(-c2ccccc2)nc(-c2ccc(-c3cc(-c4ccccc4)c(-c4ccccc4)c(-c4ccccc4)c3)cc2)n1. The van der Waals surface area contributed by atoms with Crippen LogP contribution < -0.4 is 0 Å². The maximum Gasteiger partial charge on any atom is 0.164 e. The molecule has 0 amide bonds. The zero-order valence-electron chi connectivity index (χ0n) is 30.3. The van der Waals surface area contributed by atoms with E-state index in [-0.39, 0.29) is 0 Å². The molecule has 7 aromatic carbocycles.